The molecule has 2 aromatic heterocycles. The molecule has 24 heavy (non-hydrogen) atoms. The van der Waals surface area contributed by atoms with Gasteiger partial charge in [-0.25, -0.2) is 13.6 Å². The van der Waals surface area contributed by atoms with Gasteiger partial charge in [-0.2, -0.15) is 0 Å². The van der Waals surface area contributed by atoms with E-state index in [0.29, 0.717) is 15.7 Å². The van der Waals surface area contributed by atoms with Gasteiger partial charge < -0.3 is 14.8 Å². The largest absolute Gasteiger partial charge is 0.506 e. The van der Waals surface area contributed by atoms with E-state index >= 15 is 0 Å². The lowest BCUT2D eigenvalue weighted by atomic mass is 10.2. The molecule has 3 rings (SSSR count). The van der Waals surface area contributed by atoms with Gasteiger partial charge in [-0.05, 0) is 52.3 Å². The number of primary sulfonamides is 1. The third kappa shape index (κ3) is 3.01. The van der Waals surface area contributed by atoms with E-state index in [2.05, 4.69) is 21.2 Å². The fraction of sp³-hybridized carbons (Fsp3) is 0. The molecule has 0 radical (unpaired) electrons. The van der Waals surface area contributed by atoms with Crippen molar-refractivity contribution < 1.29 is 18.3 Å². The number of carbonyl (C=O) groups is 1. The minimum atomic E-state index is -3.95. The molecule has 1 aromatic carbocycles. The quantitative estimate of drug-likeness (QED) is 0.575. The monoisotopic (exact) mass is 409 g/mol. The lowest BCUT2D eigenvalue weighted by Gasteiger charge is -2.08. The normalized spacial score (nSPS) is 11.6. The predicted octanol–water partition coefficient (Wildman–Crippen LogP) is 2.31. The van der Waals surface area contributed by atoms with E-state index in [1.165, 1.54) is 0 Å². The van der Waals surface area contributed by atoms with E-state index in [0.717, 1.165) is 18.2 Å². The number of halogens is 1. The molecule has 1 amide bonds. The first kappa shape index (κ1) is 16.5. The van der Waals surface area contributed by atoms with Crippen molar-refractivity contribution in [1.82, 2.24) is 4.40 Å². The van der Waals surface area contributed by atoms with Crippen molar-refractivity contribution >= 4 is 43.1 Å². The number of carbonyl (C=O) groups excluding carboxylic acids is 1. The lowest BCUT2D eigenvalue weighted by molar-refractivity contribution is 0.102. The molecule has 3 aromatic rings. The number of benzene rings is 1. The highest BCUT2D eigenvalue weighted by atomic mass is 79.9. The summed E-state index contributed by atoms with van der Waals surface area (Å²) in [5.41, 5.74) is 0.977. The fourth-order valence-corrected chi connectivity index (χ4v) is 3.35. The summed E-state index contributed by atoms with van der Waals surface area (Å²) in [5, 5.41) is 17.4. The van der Waals surface area contributed by atoms with Crippen molar-refractivity contribution in [2.24, 2.45) is 5.14 Å². The van der Waals surface area contributed by atoms with Crippen LogP contribution in [0.3, 0.4) is 0 Å². The number of hydrogen-bond acceptors (Lipinski definition) is 4. The van der Waals surface area contributed by atoms with Crippen LogP contribution in [0.4, 0.5) is 5.69 Å². The first-order chi connectivity index (χ1) is 11.3. The van der Waals surface area contributed by atoms with Crippen LogP contribution in [0.5, 0.6) is 5.75 Å². The van der Waals surface area contributed by atoms with E-state index in [9.17, 15) is 18.3 Å². The molecular formula is C15H12BrN3O4S. The summed E-state index contributed by atoms with van der Waals surface area (Å²) < 4.78 is 25.3. The molecule has 7 nitrogen and oxygen atoms in total. The first-order valence-corrected chi connectivity index (χ1v) is 9.04. The second-order valence-electron chi connectivity index (χ2n) is 5.01. The number of hydrogen-bond donors (Lipinski definition) is 3. The molecule has 0 bridgehead atoms. The number of aromatic nitrogens is 1. The number of pyridine rings is 1. The lowest BCUT2D eigenvalue weighted by Crippen LogP contribution is -2.15. The minimum Gasteiger partial charge on any atom is -0.506 e. The minimum absolute atomic E-state index is 0.0436. The average molecular weight is 410 g/mol. The highest BCUT2D eigenvalue weighted by Crippen LogP contribution is 2.28. The van der Waals surface area contributed by atoms with E-state index in [1.807, 2.05) is 6.07 Å². The summed E-state index contributed by atoms with van der Waals surface area (Å²) >= 11 is 3.36. The molecule has 0 saturated carbocycles. The summed E-state index contributed by atoms with van der Waals surface area (Å²) in [6, 6.07) is 10.4. The van der Waals surface area contributed by atoms with Crippen LogP contribution in [0.2, 0.25) is 0 Å². The van der Waals surface area contributed by atoms with Gasteiger partial charge in [-0.15, -0.1) is 0 Å². The Morgan fingerprint density at radius 3 is 2.67 bits per heavy atom. The van der Waals surface area contributed by atoms with E-state index in [1.54, 1.807) is 28.8 Å². The van der Waals surface area contributed by atoms with Gasteiger partial charge in [0, 0.05) is 6.20 Å². The maximum atomic E-state index is 12.5. The molecule has 0 aliphatic heterocycles. The second kappa shape index (κ2) is 5.93. The van der Waals surface area contributed by atoms with E-state index in [-0.39, 0.29) is 16.3 Å². The van der Waals surface area contributed by atoms with Crippen molar-refractivity contribution in [3.8, 4) is 5.75 Å². The molecule has 0 unspecified atom stereocenters. The Morgan fingerprint density at radius 2 is 1.96 bits per heavy atom. The molecule has 0 fully saturated rings. The Morgan fingerprint density at radius 1 is 1.21 bits per heavy atom. The zero-order valence-corrected chi connectivity index (χ0v) is 14.5. The highest BCUT2D eigenvalue weighted by molar-refractivity contribution is 9.10. The van der Waals surface area contributed by atoms with E-state index in [4.69, 9.17) is 5.14 Å². The zero-order valence-electron chi connectivity index (χ0n) is 12.1. The van der Waals surface area contributed by atoms with Gasteiger partial charge in [0.25, 0.3) is 5.91 Å². The van der Waals surface area contributed by atoms with Crippen LogP contribution in [-0.2, 0) is 10.0 Å². The number of phenolic OH excluding ortho intramolecular Hbond substituents is 1. The van der Waals surface area contributed by atoms with Gasteiger partial charge in [0.1, 0.15) is 5.75 Å². The Labute approximate surface area is 145 Å². The van der Waals surface area contributed by atoms with Crippen LogP contribution in [0, 0.1) is 0 Å². The van der Waals surface area contributed by atoms with Gasteiger partial charge in [0.2, 0.25) is 10.0 Å². The molecule has 0 saturated heterocycles. The SMILES string of the molecule is NS(=O)(=O)c1ccc(O)c(NC(=O)c2cc(Br)n3ccccc23)c1. The standard InChI is InChI=1S/C15H12BrN3O4S/c16-14-8-10(12-3-1-2-6-19(12)14)15(21)18-11-7-9(24(17,22)23)4-5-13(11)20/h1-8,20H,(H,18,21)(H2,17,22,23). The molecule has 124 valence electrons. The van der Waals surface area contributed by atoms with Crippen LogP contribution in [0.1, 0.15) is 10.4 Å². The van der Waals surface area contributed by atoms with Crippen LogP contribution < -0.4 is 10.5 Å². The topological polar surface area (TPSA) is 114 Å². The van der Waals surface area contributed by atoms with Gasteiger partial charge >= 0.3 is 0 Å². The zero-order chi connectivity index (χ0) is 17.5. The van der Waals surface area contributed by atoms with Gasteiger partial charge in [-0.3, -0.25) is 4.79 Å². The van der Waals surface area contributed by atoms with Gasteiger partial charge in [-0.1, -0.05) is 6.07 Å². The number of nitrogens with zero attached hydrogens (tertiary/aromatic N) is 1. The molecule has 0 atom stereocenters. The van der Waals surface area contributed by atoms with Gasteiger partial charge in [0.05, 0.1) is 26.3 Å². The van der Waals surface area contributed by atoms with Crippen molar-refractivity contribution in [3.05, 3.63) is 58.8 Å². The third-order valence-corrected chi connectivity index (χ3v) is 4.94. The number of phenols is 1. The average Bonchev–Trinajstić information content (AvgIpc) is 2.86. The van der Waals surface area contributed by atoms with Crippen LogP contribution >= 0.6 is 15.9 Å². The van der Waals surface area contributed by atoms with Gasteiger partial charge in [0.15, 0.2) is 0 Å². The van der Waals surface area contributed by atoms with Crippen molar-refractivity contribution in [3.63, 3.8) is 0 Å². The first-order valence-electron chi connectivity index (χ1n) is 6.70. The number of fused-ring (bicyclic) bond motifs is 1. The highest BCUT2D eigenvalue weighted by Gasteiger charge is 2.17. The van der Waals surface area contributed by atoms with Crippen LogP contribution in [-0.4, -0.2) is 23.8 Å². The Kier molecular flexibility index (Phi) is 4.08. The van der Waals surface area contributed by atoms with Crippen LogP contribution in [0.15, 0.2) is 58.2 Å². The smallest absolute Gasteiger partial charge is 0.257 e. The van der Waals surface area contributed by atoms with E-state index < -0.39 is 15.9 Å². The summed E-state index contributed by atoms with van der Waals surface area (Å²) in [5.74, 6) is -0.760. The van der Waals surface area contributed by atoms with Crippen LogP contribution in [0.25, 0.3) is 5.52 Å². The maximum absolute atomic E-state index is 12.5. The second-order valence-corrected chi connectivity index (χ2v) is 7.39. The molecule has 0 spiro atoms. The number of sulfonamides is 1. The maximum Gasteiger partial charge on any atom is 0.257 e. The summed E-state index contributed by atoms with van der Waals surface area (Å²) in [6.45, 7) is 0. The van der Waals surface area contributed by atoms with Crippen molar-refractivity contribution in [1.29, 1.82) is 0 Å². The Balaban J connectivity index is 2.01. The Bertz CT molecular complexity index is 1060. The molecular weight excluding hydrogens is 398 g/mol. The number of rotatable bonds is 3. The summed E-state index contributed by atoms with van der Waals surface area (Å²) in [6.07, 6.45) is 1.79. The number of amides is 1. The molecule has 9 heteroatoms. The fourth-order valence-electron chi connectivity index (χ4n) is 2.28. The number of nitrogens with two attached hydrogens (primary N) is 1. The number of nitrogens with one attached hydrogen (secondary N) is 1. The summed E-state index contributed by atoms with van der Waals surface area (Å²) in [4.78, 5) is 12.3. The molecule has 0 aliphatic rings. The summed E-state index contributed by atoms with van der Waals surface area (Å²) in [7, 11) is -3.95. The molecule has 4 N–H and O–H groups in total. The van der Waals surface area contributed by atoms with Crippen molar-refractivity contribution in [2.75, 3.05) is 5.32 Å². The Hall–Kier alpha value is -2.36. The molecule has 0 aliphatic carbocycles. The third-order valence-electron chi connectivity index (χ3n) is 3.42. The number of anilines is 1. The van der Waals surface area contributed by atoms with Crippen molar-refractivity contribution in [2.45, 2.75) is 4.90 Å². The number of aromatic hydroxyl groups is 1. The molecule has 2 heterocycles. The predicted molar refractivity (Wildman–Crippen MR) is 92.5 cm³/mol.